The number of nitrogens with one attached hydrogen (secondary N) is 4. The van der Waals surface area contributed by atoms with Crippen LogP contribution in [0.3, 0.4) is 0 Å². The molecule has 0 unspecified atom stereocenters. The third kappa shape index (κ3) is 8.66. The van der Waals surface area contributed by atoms with Crippen LogP contribution in [0, 0.1) is 11.3 Å². The number of rotatable bonds is 14. The molecule has 2 amide bonds. The van der Waals surface area contributed by atoms with Gasteiger partial charge >= 0.3 is 0 Å². The van der Waals surface area contributed by atoms with Crippen molar-refractivity contribution in [2.75, 3.05) is 16.4 Å². The van der Waals surface area contributed by atoms with Crippen LogP contribution in [0.2, 0.25) is 0 Å². The maximum atomic E-state index is 13.5. The molecule has 224 valence electrons. The highest BCUT2D eigenvalue weighted by Gasteiger charge is 2.19. The molecule has 11 nitrogen and oxygen atoms in total. The molecule has 0 bridgehead atoms. The third-order valence-electron chi connectivity index (χ3n) is 6.70. The van der Waals surface area contributed by atoms with Gasteiger partial charge in [-0.05, 0) is 50.5 Å². The predicted molar refractivity (Wildman–Crippen MR) is 168 cm³/mol. The average molecular weight is 575 g/mol. The summed E-state index contributed by atoms with van der Waals surface area (Å²) in [5.74, 6) is -0.464. The minimum absolute atomic E-state index is 0.0352. The fourth-order valence-electron chi connectivity index (χ4n) is 4.67. The summed E-state index contributed by atoms with van der Waals surface area (Å²) in [6.07, 6.45) is 4.91. The number of nitrogen functional groups attached to an aromatic ring is 2. The Bertz CT molecular complexity index is 1460. The molecule has 0 fully saturated rings. The van der Waals surface area contributed by atoms with Crippen LogP contribution in [0.5, 0.6) is 0 Å². The van der Waals surface area contributed by atoms with Crippen molar-refractivity contribution < 1.29 is 9.59 Å². The zero-order chi connectivity index (χ0) is 30.8. The molecular formula is C31H42N8O3. The fourth-order valence-corrected chi connectivity index (χ4v) is 4.67. The van der Waals surface area contributed by atoms with Crippen LogP contribution in [-0.2, 0) is 22.7 Å². The van der Waals surface area contributed by atoms with Crippen LogP contribution < -0.4 is 33.0 Å². The van der Waals surface area contributed by atoms with E-state index >= 15 is 0 Å². The van der Waals surface area contributed by atoms with Crippen LogP contribution in [-0.4, -0.2) is 33.2 Å². The minimum Gasteiger partial charge on any atom is -0.399 e. The van der Waals surface area contributed by atoms with Crippen molar-refractivity contribution in [1.29, 1.82) is 5.41 Å². The van der Waals surface area contributed by atoms with Crippen LogP contribution in [0.1, 0.15) is 64.5 Å². The van der Waals surface area contributed by atoms with Crippen molar-refractivity contribution in [3.05, 3.63) is 70.1 Å². The molecule has 1 aromatic heterocycles. The van der Waals surface area contributed by atoms with Gasteiger partial charge in [-0.25, -0.2) is 4.98 Å². The summed E-state index contributed by atoms with van der Waals surface area (Å²) in [5.41, 5.74) is 14.5. The van der Waals surface area contributed by atoms with Crippen molar-refractivity contribution in [3.63, 3.8) is 0 Å². The smallest absolute Gasteiger partial charge is 0.294 e. The van der Waals surface area contributed by atoms with Gasteiger partial charge in [0.15, 0.2) is 5.82 Å². The van der Waals surface area contributed by atoms with Crippen molar-refractivity contribution >= 4 is 34.8 Å². The molecule has 11 heteroatoms. The van der Waals surface area contributed by atoms with Crippen molar-refractivity contribution in [1.82, 2.24) is 14.9 Å². The summed E-state index contributed by atoms with van der Waals surface area (Å²) in [6, 6.07) is 12.0. The quantitative estimate of drug-likeness (QED) is 0.0953. The van der Waals surface area contributed by atoms with Crippen LogP contribution >= 0.6 is 0 Å². The van der Waals surface area contributed by atoms with E-state index in [1.165, 1.54) is 10.8 Å². The molecule has 3 aromatic rings. The summed E-state index contributed by atoms with van der Waals surface area (Å²) in [7, 11) is 0. The van der Waals surface area contributed by atoms with Gasteiger partial charge in [0.25, 0.3) is 5.56 Å². The molecule has 0 aliphatic heterocycles. The van der Waals surface area contributed by atoms with Gasteiger partial charge in [-0.15, -0.1) is 0 Å². The van der Waals surface area contributed by atoms with Gasteiger partial charge in [-0.1, -0.05) is 51.0 Å². The lowest BCUT2D eigenvalue weighted by atomic mass is 9.97. The molecule has 0 saturated heterocycles. The molecule has 3 rings (SSSR count). The van der Waals surface area contributed by atoms with E-state index in [2.05, 4.69) is 34.8 Å². The van der Waals surface area contributed by atoms with Gasteiger partial charge in [0, 0.05) is 41.0 Å². The molecular weight excluding hydrogens is 532 g/mol. The molecule has 8 N–H and O–H groups in total. The van der Waals surface area contributed by atoms with E-state index in [4.69, 9.17) is 16.9 Å². The Morgan fingerprint density at radius 2 is 1.71 bits per heavy atom. The second kappa shape index (κ2) is 14.8. The number of nitrogens with two attached hydrogens (primary N) is 2. The third-order valence-corrected chi connectivity index (χ3v) is 6.70. The Labute approximate surface area is 246 Å². The zero-order valence-electron chi connectivity index (χ0n) is 24.8. The molecule has 0 saturated carbocycles. The molecule has 0 aliphatic carbocycles. The van der Waals surface area contributed by atoms with Crippen LogP contribution in [0.4, 0.5) is 17.2 Å². The second-order valence-corrected chi connectivity index (χ2v) is 10.7. The zero-order valence-corrected chi connectivity index (χ0v) is 24.8. The van der Waals surface area contributed by atoms with Crippen LogP contribution in [0.15, 0.2) is 53.5 Å². The van der Waals surface area contributed by atoms with E-state index in [0.29, 0.717) is 28.2 Å². The molecule has 0 spiro atoms. The molecule has 0 radical (unpaired) electrons. The summed E-state index contributed by atoms with van der Waals surface area (Å²) >= 11 is 0. The van der Waals surface area contributed by atoms with Gasteiger partial charge in [0.2, 0.25) is 11.8 Å². The molecule has 0 aliphatic rings. The lowest BCUT2D eigenvalue weighted by Crippen LogP contribution is -2.35. The van der Waals surface area contributed by atoms with E-state index in [0.717, 1.165) is 31.2 Å². The number of carbonyl (C=O) groups excluding carboxylic acids is 2. The lowest BCUT2D eigenvalue weighted by molar-refractivity contribution is -0.122. The highest BCUT2D eigenvalue weighted by Crippen LogP contribution is 2.27. The van der Waals surface area contributed by atoms with E-state index in [1.807, 2.05) is 13.8 Å². The van der Waals surface area contributed by atoms with Crippen LogP contribution in [0.25, 0.3) is 11.3 Å². The number of carbonyl (C=O) groups is 2. The monoisotopic (exact) mass is 574 g/mol. The summed E-state index contributed by atoms with van der Waals surface area (Å²) in [5, 5.41) is 16.4. The Morgan fingerprint density at radius 1 is 1.05 bits per heavy atom. The fraction of sp³-hybridized carbons (Fsp3) is 0.387. The number of anilines is 3. The first kappa shape index (κ1) is 31.9. The number of aromatic nitrogens is 2. The normalized spacial score (nSPS) is 11.0. The van der Waals surface area contributed by atoms with Gasteiger partial charge in [-0.2, -0.15) is 0 Å². The van der Waals surface area contributed by atoms with Crippen molar-refractivity contribution in [2.45, 2.75) is 72.5 Å². The maximum Gasteiger partial charge on any atom is 0.294 e. The van der Waals surface area contributed by atoms with E-state index < -0.39 is 5.56 Å². The first-order valence-electron chi connectivity index (χ1n) is 14.3. The summed E-state index contributed by atoms with van der Waals surface area (Å²) in [4.78, 5) is 43.9. The minimum atomic E-state index is -0.457. The van der Waals surface area contributed by atoms with Gasteiger partial charge in [0.05, 0.1) is 11.9 Å². The number of benzene rings is 2. The molecule has 42 heavy (non-hydrogen) atoms. The largest absolute Gasteiger partial charge is 0.399 e. The SMILES string of the molecule is CCCC(CCC)C(=O)Nc1cc(N)cc(-c2cnc(NC(C)C)c(=O)n2CC(=O)NCc2ccc(C(=N)N)cc2)c1. The standard InChI is InChI=1S/C31H42N8O3/c1-5-7-22(8-6-2)30(41)38-25-14-23(13-24(32)15-25)26-17-36-29(37-19(3)4)31(42)39(26)18-27(40)35-16-20-9-11-21(12-10-20)28(33)34/h9-15,17,19,22H,5-8,16,18,32H2,1-4H3,(H3,33,34)(H,35,40)(H,36,37)(H,38,41). The van der Waals surface area contributed by atoms with E-state index in [9.17, 15) is 14.4 Å². The lowest BCUT2D eigenvalue weighted by Gasteiger charge is -2.18. The highest BCUT2D eigenvalue weighted by molar-refractivity contribution is 5.95. The van der Waals surface area contributed by atoms with Crippen molar-refractivity contribution in [3.8, 4) is 11.3 Å². The van der Waals surface area contributed by atoms with Gasteiger partial charge in [-0.3, -0.25) is 24.4 Å². The Hall–Kier alpha value is -4.67. The average Bonchev–Trinajstić information content (AvgIpc) is 2.93. The van der Waals surface area contributed by atoms with Gasteiger partial charge in [0.1, 0.15) is 12.4 Å². The summed E-state index contributed by atoms with van der Waals surface area (Å²) in [6.45, 7) is 7.86. The molecule has 2 aromatic carbocycles. The predicted octanol–water partition coefficient (Wildman–Crippen LogP) is 4.07. The number of amides is 2. The summed E-state index contributed by atoms with van der Waals surface area (Å²) < 4.78 is 1.35. The topological polar surface area (TPSA) is 181 Å². The van der Waals surface area contributed by atoms with E-state index in [-0.39, 0.29) is 48.5 Å². The Balaban J connectivity index is 1.91. The number of nitrogens with zero attached hydrogens (tertiary/aromatic N) is 2. The van der Waals surface area contributed by atoms with E-state index in [1.54, 1.807) is 42.5 Å². The first-order valence-corrected chi connectivity index (χ1v) is 14.3. The second-order valence-electron chi connectivity index (χ2n) is 10.7. The van der Waals surface area contributed by atoms with Gasteiger partial charge < -0.3 is 27.4 Å². The first-order chi connectivity index (χ1) is 20.0. The highest BCUT2D eigenvalue weighted by atomic mass is 16.2. The molecule has 1 heterocycles. The Morgan fingerprint density at radius 3 is 2.31 bits per heavy atom. The number of hydrogen-bond donors (Lipinski definition) is 6. The number of amidine groups is 1. The number of hydrogen-bond acceptors (Lipinski definition) is 7. The molecule has 0 atom stereocenters. The Kier molecular flexibility index (Phi) is 11.2. The van der Waals surface area contributed by atoms with Crippen molar-refractivity contribution in [2.24, 2.45) is 11.7 Å². The maximum absolute atomic E-state index is 13.5.